The Hall–Kier alpha value is -2.55. The number of nitrogens with zero attached hydrogens (tertiary/aromatic N) is 1. The van der Waals surface area contributed by atoms with Gasteiger partial charge in [-0.05, 0) is 37.5 Å². The minimum Gasteiger partial charge on any atom is -0.488 e. The lowest BCUT2D eigenvalue weighted by atomic mass is 9.84. The van der Waals surface area contributed by atoms with E-state index >= 15 is 0 Å². The summed E-state index contributed by atoms with van der Waals surface area (Å²) in [5.74, 6) is 1.34. The van der Waals surface area contributed by atoms with Crippen LogP contribution in [0.15, 0.2) is 54.2 Å². The summed E-state index contributed by atoms with van der Waals surface area (Å²) in [6.07, 6.45) is 4.02. The summed E-state index contributed by atoms with van der Waals surface area (Å²) in [7, 11) is 0. The minimum atomic E-state index is 0.219. The Morgan fingerprint density at radius 3 is 2.52 bits per heavy atom. The molecule has 0 N–H and O–H groups in total. The third kappa shape index (κ3) is 3.32. The number of ether oxygens (including phenoxy) is 1. The maximum absolute atomic E-state index is 12.6. The molecule has 0 aliphatic carbocycles. The summed E-state index contributed by atoms with van der Waals surface area (Å²) in [4.78, 5) is 14.8. The van der Waals surface area contributed by atoms with Crippen LogP contribution < -0.4 is 4.74 Å². The first kappa shape index (κ1) is 15.9. The topological polar surface area (TPSA) is 29.5 Å². The zero-order valence-electron chi connectivity index (χ0n) is 14.6. The Labute approximate surface area is 148 Å². The summed E-state index contributed by atoms with van der Waals surface area (Å²) in [5.41, 5.74) is 4.22. The predicted octanol–water partition coefficient (Wildman–Crippen LogP) is 4.21. The van der Waals surface area contributed by atoms with Gasteiger partial charge in [-0.1, -0.05) is 48.0 Å². The predicted molar refractivity (Wildman–Crippen MR) is 99.2 cm³/mol. The largest absolute Gasteiger partial charge is 0.488 e. The molecule has 2 aromatic carbocycles. The van der Waals surface area contributed by atoms with Gasteiger partial charge in [-0.2, -0.15) is 0 Å². The van der Waals surface area contributed by atoms with Gasteiger partial charge in [0.15, 0.2) is 5.78 Å². The molecule has 3 heteroatoms. The van der Waals surface area contributed by atoms with Crippen LogP contribution in [0.3, 0.4) is 0 Å². The van der Waals surface area contributed by atoms with E-state index in [1.165, 1.54) is 5.56 Å². The Balaban J connectivity index is 1.56. The van der Waals surface area contributed by atoms with E-state index < -0.39 is 0 Å². The molecule has 0 aromatic heterocycles. The summed E-state index contributed by atoms with van der Waals surface area (Å²) < 4.78 is 6.05. The van der Waals surface area contributed by atoms with Crippen molar-refractivity contribution in [3.05, 3.63) is 70.9 Å². The number of aryl methyl sites for hydroxylation is 1. The van der Waals surface area contributed by atoms with Crippen LogP contribution in [0.5, 0.6) is 5.75 Å². The average molecular weight is 333 g/mol. The molecule has 3 nitrogen and oxygen atoms in total. The molecule has 3 heterocycles. The Morgan fingerprint density at radius 1 is 1.08 bits per heavy atom. The first-order valence-corrected chi connectivity index (χ1v) is 8.99. The molecule has 0 spiro atoms. The van der Waals surface area contributed by atoms with Crippen molar-refractivity contribution in [2.75, 3.05) is 13.1 Å². The van der Waals surface area contributed by atoms with Gasteiger partial charge in [-0.3, -0.25) is 4.79 Å². The smallest absolute Gasteiger partial charge is 0.182 e. The number of hydrogen-bond donors (Lipinski definition) is 0. The van der Waals surface area contributed by atoms with Crippen molar-refractivity contribution in [3.8, 4) is 5.75 Å². The Kier molecular flexibility index (Phi) is 4.31. The fraction of sp³-hybridized carbons (Fsp3) is 0.318. The van der Waals surface area contributed by atoms with Crippen LogP contribution in [0.1, 0.15) is 29.5 Å². The SMILES string of the molecule is Cc1ccc(COc2ccccc2/C=C2/C(=O)C3CCN2CC3)cc1. The third-order valence-corrected chi connectivity index (χ3v) is 5.19. The Morgan fingerprint density at radius 2 is 1.80 bits per heavy atom. The van der Waals surface area contributed by atoms with Crippen LogP contribution >= 0.6 is 0 Å². The molecule has 0 radical (unpaired) electrons. The van der Waals surface area contributed by atoms with Crippen LogP contribution in [0.4, 0.5) is 0 Å². The molecule has 2 aromatic rings. The van der Waals surface area contributed by atoms with Crippen molar-refractivity contribution in [2.24, 2.45) is 5.92 Å². The maximum Gasteiger partial charge on any atom is 0.182 e. The number of para-hydroxylation sites is 1. The number of rotatable bonds is 4. The zero-order valence-corrected chi connectivity index (χ0v) is 14.6. The van der Waals surface area contributed by atoms with Crippen molar-refractivity contribution >= 4 is 11.9 Å². The van der Waals surface area contributed by atoms with E-state index in [0.29, 0.717) is 12.4 Å². The lowest BCUT2D eigenvalue weighted by molar-refractivity contribution is -0.125. The van der Waals surface area contributed by atoms with E-state index in [0.717, 1.165) is 48.5 Å². The highest BCUT2D eigenvalue weighted by atomic mass is 16.5. The molecular weight excluding hydrogens is 310 g/mol. The lowest BCUT2D eigenvalue weighted by Gasteiger charge is -2.41. The third-order valence-electron chi connectivity index (χ3n) is 5.19. The summed E-state index contributed by atoms with van der Waals surface area (Å²) in [5, 5.41) is 0. The average Bonchev–Trinajstić information content (AvgIpc) is 2.65. The quantitative estimate of drug-likeness (QED) is 0.785. The Bertz CT molecular complexity index is 799. The molecule has 3 aliphatic heterocycles. The monoisotopic (exact) mass is 333 g/mol. The molecule has 0 amide bonds. The van der Waals surface area contributed by atoms with Crippen LogP contribution in [-0.4, -0.2) is 23.8 Å². The van der Waals surface area contributed by atoms with E-state index in [4.69, 9.17) is 4.74 Å². The first-order valence-electron chi connectivity index (χ1n) is 8.99. The summed E-state index contributed by atoms with van der Waals surface area (Å²) in [6, 6.07) is 16.3. The van der Waals surface area contributed by atoms with Crippen LogP contribution in [0, 0.1) is 12.8 Å². The second-order valence-electron chi connectivity index (χ2n) is 6.97. The van der Waals surface area contributed by atoms with E-state index in [2.05, 4.69) is 36.1 Å². The number of ketones is 1. The highest BCUT2D eigenvalue weighted by Gasteiger charge is 2.36. The molecule has 25 heavy (non-hydrogen) atoms. The van der Waals surface area contributed by atoms with E-state index in [9.17, 15) is 4.79 Å². The van der Waals surface area contributed by atoms with Gasteiger partial charge in [0.1, 0.15) is 12.4 Å². The van der Waals surface area contributed by atoms with Crippen LogP contribution in [0.25, 0.3) is 6.08 Å². The van der Waals surface area contributed by atoms with Crippen molar-refractivity contribution in [1.82, 2.24) is 4.90 Å². The first-order chi connectivity index (χ1) is 12.2. The number of fused-ring (bicyclic) bond motifs is 3. The van der Waals surface area contributed by atoms with E-state index in [1.54, 1.807) is 0 Å². The number of hydrogen-bond acceptors (Lipinski definition) is 3. The lowest BCUT2D eigenvalue weighted by Crippen LogP contribution is -2.45. The molecule has 0 atom stereocenters. The van der Waals surface area contributed by atoms with Gasteiger partial charge in [0.05, 0.1) is 5.70 Å². The van der Waals surface area contributed by atoms with Gasteiger partial charge < -0.3 is 9.64 Å². The normalized spacial score (nSPS) is 18.8. The standard InChI is InChI=1S/C22H23NO2/c1-16-6-8-17(9-7-16)15-25-21-5-3-2-4-19(21)14-20-22(24)18-10-12-23(20)13-11-18/h2-9,14,18H,10-13,15H2,1H3/b20-14-. The number of benzene rings is 2. The van der Waals surface area contributed by atoms with Gasteiger partial charge >= 0.3 is 0 Å². The fourth-order valence-electron chi connectivity index (χ4n) is 3.63. The van der Waals surface area contributed by atoms with Crippen LogP contribution in [0.2, 0.25) is 0 Å². The second kappa shape index (κ2) is 6.75. The molecular formula is C22H23NO2. The second-order valence-corrected chi connectivity index (χ2v) is 6.97. The van der Waals surface area contributed by atoms with Crippen molar-refractivity contribution in [1.29, 1.82) is 0 Å². The van der Waals surface area contributed by atoms with Gasteiger partial charge in [0.25, 0.3) is 0 Å². The van der Waals surface area contributed by atoms with Crippen molar-refractivity contribution < 1.29 is 9.53 Å². The highest BCUT2D eigenvalue weighted by molar-refractivity contribution is 6.02. The van der Waals surface area contributed by atoms with E-state index in [-0.39, 0.29) is 5.92 Å². The zero-order chi connectivity index (χ0) is 17.2. The molecule has 3 aliphatic rings. The minimum absolute atomic E-state index is 0.219. The summed E-state index contributed by atoms with van der Waals surface area (Å²) >= 11 is 0. The highest BCUT2D eigenvalue weighted by Crippen LogP contribution is 2.33. The number of carbonyl (C=O) groups excluding carboxylic acids is 1. The maximum atomic E-state index is 12.6. The fourth-order valence-corrected chi connectivity index (χ4v) is 3.63. The van der Waals surface area contributed by atoms with E-state index in [1.807, 2.05) is 30.3 Å². The summed E-state index contributed by atoms with van der Waals surface area (Å²) in [6.45, 7) is 4.60. The molecule has 2 bridgehead atoms. The van der Waals surface area contributed by atoms with Crippen molar-refractivity contribution in [2.45, 2.75) is 26.4 Å². The number of carbonyl (C=O) groups is 1. The van der Waals surface area contributed by atoms with Gasteiger partial charge in [-0.15, -0.1) is 0 Å². The number of Topliss-reactive ketones (excluding diaryl/α,β-unsaturated/α-hetero) is 1. The van der Waals surface area contributed by atoms with Crippen molar-refractivity contribution in [3.63, 3.8) is 0 Å². The number of allylic oxidation sites excluding steroid dienone is 1. The molecule has 128 valence electrons. The van der Waals surface area contributed by atoms with Gasteiger partial charge in [-0.25, -0.2) is 0 Å². The van der Waals surface area contributed by atoms with Gasteiger partial charge in [0, 0.05) is 24.6 Å². The molecule has 5 rings (SSSR count). The molecule has 3 saturated heterocycles. The molecule has 3 fully saturated rings. The molecule has 0 unspecified atom stereocenters. The van der Waals surface area contributed by atoms with Crippen LogP contribution in [-0.2, 0) is 11.4 Å². The molecule has 0 saturated carbocycles. The van der Waals surface area contributed by atoms with Gasteiger partial charge in [0.2, 0.25) is 0 Å². The number of piperidine rings is 3.